The van der Waals surface area contributed by atoms with Crippen molar-refractivity contribution in [3.05, 3.63) is 28.2 Å². The first-order chi connectivity index (χ1) is 11.2. The van der Waals surface area contributed by atoms with Crippen LogP contribution in [0.2, 0.25) is 0 Å². The molecule has 8 heteroatoms. The first-order valence-corrected chi connectivity index (χ1v) is 10.4. The molecule has 1 aromatic carbocycles. The van der Waals surface area contributed by atoms with Crippen molar-refractivity contribution in [2.45, 2.75) is 5.78 Å². The van der Waals surface area contributed by atoms with Gasteiger partial charge in [0.25, 0.3) is 0 Å². The van der Waals surface area contributed by atoms with E-state index in [2.05, 4.69) is 20.8 Å². The van der Waals surface area contributed by atoms with Crippen LogP contribution in [0.1, 0.15) is 11.3 Å². The molecule has 23 heavy (non-hydrogen) atoms. The van der Waals surface area contributed by atoms with E-state index in [4.69, 9.17) is 14.0 Å². The second-order valence-corrected chi connectivity index (χ2v) is 9.21. The predicted molar refractivity (Wildman–Crippen MR) is 89.9 cm³/mol. The molecular formula is C15H20BrN2O4P. The Labute approximate surface area is 144 Å². The van der Waals surface area contributed by atoms with Crippen molar-refractivity contribution in [2.75, 3.05) is 52.6 Å². The molecule has 0 bridgehead atoms. The van der Waals surface area contributed by atoms with E-state index in [1.54, 1.807) is 0 Å². The van der Waals surface area contributed by atoms with Gasteiger partial charge in [-0.15, -0.1) is 0 Å². The molecule has 0 aromatic heterocycles. The Kier molecular flexibility index (Phi) is 4.52. The van der Waals surface area contributed by atoms with Crippen LogP contribution in [0.3, 0.4) is 0 Å². The number of benzene rings is 1. The molecule has 0 amide bonds. The van der Waals surface area contributed by atoms with Crippen LogP contribution in [0.15, 0.2) is 22.7 Å². The monoisotopic (exact) mass is 402 g/mol. The summed E-state index contributed by atoms with van der Waals surface area (Å²) in [5, 5.41) is 0. The molecule has 2 fully saturated rings. The minimum absolute atomic E-state index is 0.225. The van der Waals surface area contributed by atoms with Gasteiger partial charge in [-0.3, -0.25) is 9.46 Å². The SMILES string of the molecule is O=[P@@]1(N2CCOCC2)Oc2ccc(Br)cc2[C@@H]1N1CCOCC1. The highest BCUT2D eigenvalue weighted by molar-refractivity contribution is 9.10. The van der Waals surface area contributed by atoms with Crippen molar-refractivity contribution in [3.8, 4) is 5.75 Å². The van der Waals surface area contributed by atoms with Crippen molar-refractivity contribution < 1.29 is 18.6 Å². The molecular weight excluding hydrogens is 383 g/mol. The fourth-order valence-corrected chi connectivity index (χ4v) is 6.71. The molecule has 3 aliphatic heterocycles. The number of nitrogens with zero attached hydrogens (tertiary/aromatic N) is 2. The van der Waals surface area contributed by atoms with E-state index in [1.165, 1.54) is 0 Å². The van der Waals surface area contributed by atoms with Gasteiger partial charge in [-0.05, 0) is 18.2 Å². The van der Waals surface area contributed by atoms with E-state index >= 15 is 0 Å². The number of hydrogen-bond donors (Lipinski definition) is 0. The van der Waals surface area contributed by atoms with Gasteiger partial charge in [-0.1, -0.05) is 15.9 Å². The summed E-state index contributed by atoms with van der Waals surface area (Å²) in [6.45, 7) is 5.38. The molecule has 2 saturated heterocycles. The highest BCUT2D eigenvalue weighted by Gasteiger charge is 2.52. The van der Waals surface area contributed by atoms with Gasteiger partial charge in [0, 0.05) is 36.2 Å². The van der Waals surface area contributed by atoms with Gasteiger partial charge in [0.1, 0.15) is 11.5 Å². The molecule has 3 heterocycles. The molecule has 2 atom stereocenters. The quantitative estimate of drug-likeness (QED) is 0.708. The van der Waals surface area contributed by atoms with Crippen LogP contribution in [-0.4, -0.2) is 62.2 Å². The van der Waals surface area contributed by atoms with Crippen LogP contribution in [0.5, 0.6) is 5.75 Å². The van der Waals surface area contributed by atoms with E-state index < -0.39 is 7.52 Å². The van der Waals surface area contributed by atoms with Crippen molar-refractivity contribution in [1.29, 1.82) is 0 Å². The van der Waals surface area contributed by atoms with Crippen molar-refractivity contribution >= 4 is 23.4 Å². The summed E-state index contributed by atoms with van der Waals surface area (Å²) in [4.78, 5) is 2.25. The molecule has 4 rings (SSSR count). The Morgan fingerprint density at radius 3 is 2.39 bits per heavy atom. The van der Waals surface area contributed by atoms with Gasteiger partial charge in [0.15, 0.2) is 0 Å². The Hall–Kier alpha value is -0.430. The third-order valence-corrected chi connectivity index (χ3v) is 7.92. The molecule has 0 saturated carbocycles. The molecule has 126 valence electrons. The van der Waals surface area contributed by atoms with Crippen LogP contribution < -0.4 is 4.52 Å². The van der Waals surface area contributed by atoms with Gasteiger partial charge in [-0.2, -0.15) is 0 Å². The minimum atomic E-state index is -3.02. The number of hydrogen-bond acceptors (Lipinski definition) is 5. The maximum absolute atomic E-state index is 13.9. The second kappa shape index (κ2) is 6.47. The van der Waals surface area contributed by atoms with E-state index in [1.807, 2.05) is 22.9 Å². The lowest BCUT2D eigenvalue weighted by Crippen LogP contribution is -2.42. The van der Waals surface area contributed by atoms with Crippen LogP contribution in [-0.2, 0) is 14.0 Å². The largest absolute Gasteiger partial charge is 0.431 e. The normalized spacial score (nSPS) is 32.5. The van der Waals surface area contributed by atoms with Gasteiger partial charge >= 0.3 is 7.52 Å². The van der Waals surface area contributed by atoms with Crippen LogP contribution in [0, 0.1) is 0 Å². The molecule has 3 aliphatic rings. The Morgan fingerprint density at radius 2 is 1.70 bits per heavy atom. The lowest BCUT2D eigenvalue weighted by Gasteiger charge is -2.39. The zero-order chi connectivity index (χ0) is 15.9. The zero-order valence-electron chi connectivity index (χ0n) is 12.8. The van der Waals surface area contributed by atoms with Crippen LogP contribution in [0.4, 0.5) is 0 Å². The topological polar surface area (TPSA) is 51.2 Å². The summed E-state index contributed by atoms with van der Waals surface area (Å²) in [5.41, 5.74) is 1.01. The average Bonchev–Trinajstić information content (AvgIpc) is 2.89. The van der Waals surface area contributed by atoms with E-state index in [-0.39, 0.29) is 5.78 Å². The standard InChI is InChI=1S/C15H20BrN2O4P/c16-12-1-2-14-13(11-12)15(17-3-7-20-8-4-17)23(19,22-14)18-5-9-21-10-6-18/h1-2,11,15H,3-10H2/t15-,23-/m1/s1. The summed E-state index contributed by atoms with van der Waals surface area (Å²) >= 11 is 3.53. The molecule has 6 nitrogen and oxygen atoms in total. The Bertz CT molecular complexity index is 632. The maximum atomic E-state index is 13.9. The fraction of sp³-hybridized carbons (Fsp3) is 0.600. The molecule has 0 aliphatic carbocycles. The average molecular weight is 403 g/mol. The predicted octanol–water partition coefficient (Wildman–Crippen LogP) is 2.70. The lowest BCUT2D eigenvalue weighted by atomic mass is 10.2. The molecule has 0 radical (unpaired) electrons. The van der Waals surface area contributed by atoms with Crippen molar-refractivity contribution in [3.63, 3.8) is 0 Å². The van der Waals surface area contributed by atoms with Gasteiger partial charge < -0.3 is 14.0 Å². The number of morpholine rings is 2. The number of halogens is 1. The van der Waals surface area contributed by atoms with Crippen molar-refractivity contribution in [1.82, 2.24) is 9.57 Å². The number of ether oxygens (including phenoxy) is 2. The summed E-state index contributed by atoms with van der Waals surface area (Å²) < 4.78 is 33.9. The summed E-state index contributed by atoms with van der Waals surface area (Å²) in [6, 6.07) is 5.88. The van der Waals surface area contributed by atoms with Crippen LogP contribution in [0.25, 0.3) is 0 Å². The number of fused-ring (bicyclic) bond motifs is 1. The van der Waals surface area contributed by atoms with E-state index in [0.717, 1.165) is 28.9 Å². The Balaban J connectivity index is 1.74. The highest BCUT2D eigenvalue weighted by Crippen LogP contribution is 2.70. The summed E-state index contributed by atoms with van der Waals surface area (Å²) in [5.74, 6) is 0.511. The first-order valence-electron chi connectivity index (χ1n) is 7.92. The van der Waals surface area contributed by atoms with E-state index in [0.29, 0.717) is 39.5 Å². The molecule has 0 spiro atoms. The number of rotatable bonds is 2. The molecule has 1 aromatic rings. The maximum Gasteiger partial charge on any atom is 0.340 e. The highest BCUT2D eigenvalue weighted by atomic mass is 79.9. The van der Waals surface area contributed by atoms with Gasteiger partial charge in [0.2, 0.25) is 0 Å². The molecule has 0 unspecified atom stereocenters. The van der Waals surface area contributed by atoms with E-state index in [9.17, 15) is 4.57 Å². The fourth-order valence-electron chi connectivity index (χ4n) is 3.44. The first kappa shape index (κ1) is 16.1. The minimum Gasteiger partial charge on any atom is -0.431 e. The van der Waals surface area contributed by atoms with Gasteiger partial charge in [0.05, 0.1) is 26.4 Å². The second-order valence-electron chi connectivity index (χ2n) is 5.93. The van der Waals surface area contributed by atoms with Crippen LogP contribution >= 0.6 is 23.4 Å². The smallest absolute Gasteiger partial charge is 0.340 e. The zero-order valence-corrected chi connectivity index (χ0v) is 15.3. The summed E-state index contributed by atoms with van der Waals surface area (Å²) in [7, 11) is -3.02. The molecule has 0 N–H and O–H groups in total. The Morgan fingerprint density at radius 1 is 1.04 bits per heavy atom. The third-order valence-electron chi connectivity index (χ3n) is 4.56. The van der Waals surface area contributed by atoms with Crippen molar-refractivity contribution in [2.24, 2.45) is 0 Å². The van der Waals surface area contributed by atoms with Gasteiger partial charge in [-0.25, -0.2) is 4.67 Å². The third kappa shape index (κ3) is 2.88. The summed E-state index contributed by atoms with van der Waals surface area (Å²) in [6.07, 6.45) is 0. The lowest BCUT2D eigenvalue weighted by molar-refractivity contribution is 0.0263.